The summed E-state index contributed by atoms with van der Waals surface area (Å²) in [5, 5.41) is 105. The third-order valence-corrected chi connectivity index (χ3v) is 10.8. The van der Waals surface area contributed by atoms with Crippen LogP contribution >= 0.6 is 0 Å². The van der Waals surface area contributed by atoms with Crippen LogP contribution in [0.25, 0.3) is 22.3 Å². The van der Waals surface area contributed by atoms with Crippen molar-refractivity contribution in [3.63, 3.8) is 0 Å². The van der Waals surface area contributed by atoms with Crippen LogP contribution in [0.15, 0.2) is 51.2 Å². The molecule has 0 amide bonds. The second-order valence-electron chi connectivity index (χ2n) is 15.4. The van der Waals surface area contributed by atoms with Crippen molar-refractivity contribution in [2.75, 3.05) is 20.3 Å². The minimum Gasteiger partial charge on any atom is -0.507 e. The van der Waals surface area contributed by atoms with E-state index in [4.69, 9.17) is 42.3 Å². The molecule has 342 valence electrons. The molecule has 15 unspecified atom stereocenters. The van der Waals surface area contributed by atoms with Gasteiger partial charge in [0.1, 0.15) is 83.2 Å². The lowest BCUT2D eigenvalue weighted by atomic mass is 9.97. The van der Waals surface area contributed by atoms with Gasteiger partial charge in [0.15, 0.2) is 24.3 Å². The van der Waals surface area contributed by atoms with Gasteiger partial charge in [-0.15, -0.1) is 0 Å². The average molecular weight is 881 g/mol. The van der Waals surface area contributed by atoms with Crippen molar-refractivity contribution in [2.45, 2.75) is 126 Å². The molecule has 10 N–H and O–H groups in total. The molecule has 3 aliphatic heterocycles. The van der Waals surface area contributed by atoms with E-state index >= 15 is 0 Å². The van der Waals surface area contributed by atoms with Gasteiger partial charge in [-0.25, -0.2) is 0 Å². The van der Waals surface area contributed by atoms with E-state index in [0.29, 0.717) is 5.75 Å². The van der Waals surface area contributed by atoms with E-state index in [2.05, 4.69) is 0 Å². The maximum atomic E-state index is 14.9. The Labute approximate surface area is 353 Å². The lowest BCUT2D eigenvalue weighted by molar-refractivity contribution is -0.356. The highest BCUT2D eigenvalue weighted by molar-refractivity contribution is 5.91. The molecule has 3 aromatic rings. The summed E-state index contributed by atoms with van der Waals surface area (Å²) in [5.74, 6) is -2.32. The van der Waals surface area contributed by atoms with Crippen molar-refractivity contribution >= 4 is 16.9 Å². The molecular formula is C41H52O21. The SMILES string of the molecule is COc1ccc(-c2oc3c(CC=C(C)C)c(OC4OC(CO)C(O)C(O)C4O)cc(O)c3c(=O)c2OC2OC(C)C(O)C(OC(C)=O)C2OC2OC(CO)C(O)C(O)C2O)cc1. The van der Waals surface area contributed by atoms with Crippen LogP contribution < -0.4 is 19.6 Å². The van der Waals surface area contributed by atoms with Gasteiger partial charge in [0, 0.05) is 24.1 Å². The number of esters is 1. The molecule has 0 spiro atoms. The Morgan fingerprint density at radius 2 is 1.35 bits per heavy atom. The van der Waals surface area contributed by atoms with Gasteiger partial charge in [0.2, 0.25) is 23.8 Å². The third kappa shape index (κ3) is 9.40. The molecule has 0 bridgehead atoms. The standard InChI is InChI=1S/C41H52O21/c1-15(2)6-11-20-22(57-39-32(52)30(50)27(47)23(13-42)58-39)12-21(45)25-29(49)37(34(60-35(20)25)18-7-9-19(54-5)10-8-18)61-41-38(36(56-17(4)44)26(46)16(3)55-41)62-40-33(53)31(51)28(48)24(14-43)59-40/h6-10,12,16,23-24,26-28,30-33,36,38-43,45-48,50-53H,11,13-14H2,1-5H3. The van der Waals surface area contributed by atoms with Crippen LogP contribution in [0.3, 0.4) is 0 Å². The minimum atomic E-state index is -1.97. The van der Waals surface area contributed by atoms with Crippen LogP contribution in [-0.4, -0.2) is 169 Å². The van der Waals surface area contributed by atoms with Gasteiger partial charge < -0.3 is 93.4 Å². The number of allylic oxidation sites excluding steroid dienone is 2. The molecule has 2 aromatic carbocycles. The lowest BCUT2D eigenvalue weighted by Gasteiger charge is -2.46. The fourth-order valence-electron chi connectivity index (χ4n) is 7.30. The van der Waals surface area contributed by atoms with Gasteiger partial charge >= 0.3 is 5.97 Å². The highest BCUT2D eigenvalue weighted by atomic mass is 16.8. The Kier molecular flexibility index (Phi) is 14.8. The first-order valence-corrected chi connectivity index (χ1v) is 19.6. The van der Waals surface area contributed by atoms with Crippen LogP contribution in [0.4, 0.5) is 0 Å². The summed E-state index contributed by atoms with van der Waals surface area (Å²) in [6.07, 6.45) is -23.7. The van der Waals surface area contributed by atoms with Gasteiger partial charge in [-0.1, -0.05) is 11.6 Å². The van der Waals surface area contributed by atoms with E-state index in [1.165, 1.54) is 26.2 Å². The second kappa shape index (κ2) is 19.5. The molecule has 62 heavy (non-hydrogen) atoms. The van der Waals surface area contributed by atoms with Crippen molar-refractivity contribution in [2.24, 2.45) is 0 Å². The van der Waals surface area contributed by atoms with Gasteiger partial charge in [-0.2, -0.15) is 0 Å². The Morgan fingerprint density at radius 1 is 0.758 bits per heavy atom. The molecule has 21 nitrogen and oxygen atoms in total. The molecule has 0 aliphatic carbocycles. The van der Waals surface area contributed by atoms with Gasteiger partial charge in [-0.05, 0) is 51.5 Å². The number of benzene rings is 2. The maximum Gasteiger partial charge on any atom is 0.303 e. The molecule has 3 saturated heterocycles. The Balaban J connectivity index is 1.53. The summed E-state index contributed by atoms with van der Waals surface area (Å²) >= 11 is 0. The van der Waals surface area contributed by atoms with E-state index in [1.54, 1.807) is 32.1 Å². The fourth-order valence-corrected chi connectivity index (χ4v) is 7.30. The van der Waals surface area contributed by atoms with Gasteiger partial charge in [-0.3, -0.25) is 9.59 Å². The van der Waals surface area contributed by atoms with Crippen molar-refractivity contribution in [1.29, 1.82) is 0 Å². The molecule has 6 rings (SSSR count). The first-order valence-electron chi connectivity index (χ1n) is 19.6. The second-order valence-corrected chi connectivity index (χ2v) is 15.4. The van der Waals surface area contributed by atoms with E-state index in [1.807, 2.05) is 0 Å². The van der Waals surface area contributed by atoms with E-state index in [9.17, 15) is 60.7 Å². The molecule has 4 heterocycles. The predicted octanol–water partition coefficient (Wildman–Crippen LogP) is -1.54. The molecule has 0 radical (unpaired) electrons. The van der Waals surface area contributed by atoms with E-state index in [0.717, 1.165) is 18.6 Å². The lowest BCUT2D eigenvalue weighted by Crippen LogP contribution is -2.65. The number of carbonyl (C=O) groups excluding carboxylic acids is 1. The Morgan fingerprint density at radius 3 is 1.92 bits per heavy atom. The zero-order valence-corrected chi connectivity index (χ0v) is 34.2. The number of carbonyl (C=O) groups is 1. The predicted molar refractivity (Wildman–Crippen MR) is 209 cm³/mol. The first-order chi connectivity index (χ1) is 29.4. The summed E-state index contributed by atoms with van der Waals surface area (Å²) in [5.41, 5.74) is -0.129. The topological polar surface area (TPSA) is 323 Å². The summed E-state index contributed by atoms with van der Waals surface area (Å²) in [6, 6.07) is 7.14. The van der Waals surface area contributed by atoms with Gasteiger partial charge in [0.25, 0.3) is 0 Å². The molecular weight excluding hydrogens is 828 g/mol. The molecule has 15 atom stereocenters. The van der Waals surface area contributed by atoms with Crippen LogP contribution in [0.5, 0.6) is 23.0 Å². The summed E-state index contributed by atoms with van der Waals surface area (Å²) in [6.45, 7) is 4.45. The summed E-state index contributed by atoms with van der Waals surface area (Å²) < 4.78 is 52.6. The summed E-state index contributed by atoms with van der Waals surface area (Å²) in [4.78, 5) is 27.3. The Bertz CT molecular complexity index is 2110. The number of ether oxygens (including phenoxy) is 8. The number of aliphatic hydroxyl groups is 9. The monoisotopic (exact) mass is 880 g/mol. The molecule has 1 aromatic heterocycles. The van der Waals surface area contributed by atoms with E-state index in [-0.39, 0.29) is 34.6 Å². The number of fused-ring (bicyclic) bond motifs is 1. The number of phenolic OH excluding ortho intramolecular Hbond substituents is 1. The van der Waals surface area contributed by atoms with Gasteiger partial charge in [0.05, 0.1) is 26.4 Å². The minimum absolute atomic E-state index is 0.0166. The number of hydrogen-bond donors (Lipinski definition) is 10. The number of methoxy groups -OCH3 is 1. The van der Waals surface area contributed by atoms with Crippen molar-refractivity contribution in [3.8, 4) is 34.3 Å². The summed E-state index contributed by atoms with van der Waals surface area (Å²) in [7, 11) is 1.43. The molecule has 21 heteroatoms. The number of hydrogen-bond acceptors (Lipinski definition) is 21. The quantitative estimate of drug-likeness (QED) is 0.0687. The van der Waals surface area contributed by atoms with Crippen LogP contribution in [0.1, 0.15) is 33.3 Å². The van der Waals surface area contributed by atoms with Crippen molar-refractivity contribution in [1.82, 2.24) is 0 Å². The largest absolute Gasteiger partial charge is 0.507 e. The number of aliphatic hydroxyl groups excluding tert-OH is 9. The van der Waals surface area contributed by atoms with Crippen LogP contribution in [-0.2, 0) is 34.9 Å². The zero-order valence-electron chi connectivity index (χ0n) is 34.2. The highest BCUT2D eigenvalue weighted by Gasteiger charge is 2.53. The van der Waals surface area contributed by atoms with Crippen molar-refractivity contribution < 1.29 is 98.2 Å². The first kappa shape index (κ1) is 47.0. The van der Waals surface area contributed by atoms with E-state index < -0.39 is 134 Å². The number of rotatable bonds is 13. The normalized spacial score (nSPS) is 33.7. The Hall–Kier alpha value is -4.46. The third-order valence-electron chi connectivity index (χ3n) is 10.8. The van der Waals surface area contributed by atoms with Crippen LogP contribution in [0, 0.1) is 0 Å². The maximum absolute atomic E-state index is 14.9. The number of aromatic hydroxyl groups is 1. The zero-order chi connectivity index (χ0) is 45.3. The number of phenols is 1. The molecule has 3 aliphatic rings. The fraction of sp³-hybridized carbons (Fsp3) is 0.561. The smallest absolute Gasteiger partial charge is 0.303 e. The highest BCUT2D eigenvalue weighted by Crippen LogP contribution is 2.42. The van der Waals surface area contributed by atoms with Crippen LogP contribution in [0.2, 0.25) is 0 Å². The molecule has 3 fully saturated rings. The van der Waals surface area contributed by atoms with Crippen molar-refractivity contribution in [3.05, 3.63) is 57.8 Å². The molecule has 0 saturated carbocycles. The average Bonchev–Trinajstić information content (AvgIpc) is 3.24.